The zero-order valence-electron chi connectivity index (χ0n) is 11.2. The highest BCUT2D eigenvalue weighted by Crippen LogP contribution is 2.11. The van der Waals surface area contributed by atoms with Crippen molar-refractivity contribution >= 4 is 5.91 Å². The van der Waals surface area contributed by atoms with Crippen LogP contribution in [0.1, 0.15) is 26.7 Å². The van der Waals surface area contributed by atoms with E-state index in [2.05, 4.69) is 17.3 Å². The number of carbonyl (C=O) groups excluding carboxylic acids is 1. The molecule has 1 aliphatic heterocycles. The predicted molar refractivity (Wildman–Crippen MR) is 67.7 cm³/mol. The van der Waals surface area contributed by atoms with Gasteiger partial charge in [0.25, 0.3) is 0 Å². The maximum Gasteiger partial charge on any atom is 0.240 e. The van der Waals surface area contributed by atoms with Crippen molar-refractivity contribution in [3.8, 4) is 0 Å². The maximum atomic E-state index is 11.9. The van der Waals surface area contributed by atoms with E-state index in [9.17, 15) is 4.79 Å². The Kier molecular flexibility index (Phi) is 5.36. The zero-order chi connectivity index (χ0) is 12.9. The average molecular weight is 243 g/mol. The fraction of sp³-hybridized carbons (Fsp3) is 0.917. The van der Waals surface area contributed by atoms with E-state index in [1.165, 1.54) is 0 Å². The van der Waals surface area contributed by atoms with E-state index >= 15 is 0 Å². The van der Waals surface area contributed by atoms with Gasteiger partial charge in [0.15, 0.2) is 0 Å². The molecule has 1 unspecified atom stereocenters. The van der Waals surface area contributed by atoms with Crippen LogP contribution in [0.2, 0.25) is 0 Å². The fourth-order valence-corrected chi connectivity index (χ4v) is 1.94. The molecule has 0 bridgehead atoms. The van der Waals surface area contributed by atoms with Crippen LogP contribution in [0.25, 0.3) is 0 Å². The summed E-state index contributed by atoms with van der Waals surface area (Å²) in [7, 11) is 2.06. The lowest BCUT2D eigenvalue weighted by atomic mass is 9.93. The monoisotopic (exact) mass is 243 g/mol. The molecule has 3 N–H and O–H groups in total. The molecule has 0 aromatic heterocycles. The number of nitrogens with zero attached hydrogens (tertiary/aromatic N) is 1. The molecule has 1 rings (SSSR count). The maximum absolute atomic E-state index is 11.9. The van der Waals surface area contributed by atoms with Gasteiger partial charge in [-0.15, -0.1) is 0 Å². The molecule has 0 aromatic carbocycles. The summed E-state index contributed by atoms with van der Waals surface area (Å²) in [6.07, 6.45) is 1.39. The Morgan fingerprint density at radius 1 is 1.53 bits per heavy atom. The summed E-state index contributed by atoms with van der Waals surface area (Å²) in [6.45, 7) is 6.96. The van der Waals surface area contributed by atoms with Crippen molar-refractivity contribution in [2.24, 2.45) is 5.73 Å². The highest BCUT2D eigenvalue weighted by molar-refractivity contribution is 5.85. The van der Waals surface area contributed by atoms with E-state index in [1.807, 2.05) is 13.8 Å². The molecule has 5 heteroatoms. The molecular weight excluding hydrogens is 218 g/mol. The van der Waals surface area contributed by atoms with Gasteiger partial charge in [-0.2, -0.15) is 0 Å². The summed E-state index contributed by atoms with van der Waals surface area (Å²) in [5.74, 6) is -0.0701. The fourth-order valence-electron chi connectivity index (χ4n) is 1.94. The molecule has 5 nitrogen and oxygen atoms in total. The first-order valence-electron chi connectivity index (χ1n) is 6.39. The number of nitrogens with one attached hydrogen (secondary N) is 1. The number of hydrogen-bond donors (Lipinski definition) is 2. The molecule has 17 heavy (non-hydrogen) atoms. The third-order valence-corrected chi connectivity index (χ3v) is 3.55. The smallest absolute Gasteiger partial charge is 0.240 e. The van der Waals surface area contributed by atoms with E-state index < -0.39 is 5.54 Å². The molecule has 1 heterocycles. The Labute approximate surface area is 104 Å². The molecule has 1 aliphatic rings. The van der Waals surface area contributed by atoms with Crippen LogP contribution in [0.4, 0.5) is 0 Å². The minimum absolute atomic E-state index is 0.0701. The van der Waals surface area contributed by atoms with Crippen LogP contribution in [-0.4, -0.2) is 55.7 Å². The van der Waals surface area contributed by atoms with Gasteiger partial charge in [-0.05, 0) is 19.9 Å². The van der Waals surface area contributed by atoms with Crippen LogP contribution >= 0.6 is 0 Å². The van der Waals surface area contributed by atoms with Gasteiger partial charge in [0, 0.05) is 19.6 Å². The van der Waals surface area contributed by atoms with E-state index in [0.717, 1.165) is 19.7 Å². The predicted octanol–water partition coefficient (Wildman–Crippen LogP) is -0.0493. The quantitative estimate of drug-likeness (QED) is 0.710. The Hall–Kier alpha value is -0.650. The lowest BCUT2D eigenvalue weighted by Crippen LogP contribution is -2.55. The van der Waals surface area contributed by atoms with Gasteiger partial charge >= 0.3 is 0 Å². The van der Waals surface area contributed by atoms with Crippen molar-refractivity contribution < 1.29 is 9.53 Å². The van der Waals surface area contributed by atoms with Gasteiger partial charge in [-0.1, -0.05) is 13.8 Å². The van der Waals surface area contributed by atoms with Crippen molar-refractivity contribution in [3.05, 3.63) is 0 Å². The van der Waals surface area contributed by atoms with Gasteiger partial charge in [0.05, 0.1) is 18.2 Å². The van der Waals surface area contributed by atoms with Crippen molar-refractivity contribution in [3.63, 3.8) is 0 Å². The largest absolute Gasteiger partial charge is 0.374 e. The van der Waals surface area contributed by atoms with Crippen LogP contribution in [-0.2, 0) is 9.53 Å². The number of morpholine rings is 1. The van der Waals surface area contributed by atoms with E-state index in [4.69, 9.17) is 10.5 Å². The molecule has 0 aliphatic carbocycles. The van der Waals surface area contributed by atoms with Crippen molar-refractivity contribution in [2.75, 3.05) is 33.3 Å². The Bertz CT molecular complexity index is 254. The SMILES string of the molecule is CCC(N)(CC)C(=O)NCC1CN(C)CCO1. The Morgan fingerprint density at radius 3 is 2.71 bits per heavy atom. The number of likely N-dealkylation sites (N-methyl/N-ethyl adjacent to an activating group) is 1. The lowest BCUT2D eigenvalue weighted by Gasteiger charge is -2.31. The minimum atomic E-state index is -0.736. The molecule has 100 valence electrons. The normalized spacial score (nSPS) is 22.5. The number of nitrogens with two attached hydrogens (primary N) is 1. The molecule has 0 saturated carbocycles. The zero-order valence-corrected chi connectivity index (χ0v) is 11.2. The van der Waals surface area contributed by atoms with Crippen LogP contribution in [0.15, 0.2) is 0 Å². The molecule has 1 amide bonds. The molecule has 1 atom stereocenters. The van der Waals surface area contributed by atoms with Crippen molar-refractivity contribution in [2.45, 2.75) is 38.3 Å². The first kappa shape index (κ1) is 14.4. The highest BCUT2D eigenvalue weighted by Gasteiger charge is 2.30. The number of hydrogen-bond acceptors (Lipinski definition) is 4. The molecule has 0 radical (unpaired) electrons. The second kappa shape index (κ2) is 6.33. The van der Waals surface area contributed by atoms with Crippen molar-refractivity contribution in [1.82, 2.24) is 10.2 Å². The van der Waals surface area contributed by atoms with E-state index in [0.29, 0.717) is 19.4 Å². The third kappa shape index (κ3) is 3.94. The lowest BCUT2D eigenvalue weighted by molar-refractivity contribution is -0.127. The minimum Gasteiger partial charge on any atom is -0.374 e. The first-order valence-corrected chi connectivity index (χ1v) is 6.39. The number of ether oxygens (including phenoxy) is 1. The number of carbonyl (C=O) groups is 1. The van der Waals surface area contributed by atoms with Crippen LogP contribution in [0, 0.1) is 0 Å². The van der Waals surface area contributed by atoms with Gasteiger partial charge < -0.3 is 20.7 Å². The molecule has 0 aromatic rings. The summed E-state index contributed by atoms with van der Waals surface area (Å²) < 4.78 is 5.58. The average Bonchev–Trinajstić information content (AvgIpc) is 2.35. The summed E-state index contributed by atoms with van der Waals surface area (Å²) in [4.78, 5) is 14.2. The van der Waals surface area contributed by atoms with Gasteiger partial charge in [-0.3, -0.25) is 4.79 Å². The highest BCUT2D eigenvalue weighted by atomic mass is 16.5. The summed E-state index contributed by atoms with van der Waals surface area (Å²) in [5.41, 5.74) is 5.28. The summed E-state index contributed by atoms with van der Waals surface area (Å²) in [5, 5.41) is 2.90. The van der Waals surface area contributed by atoms with Crippen LogP contribution in [0.5, 0.6) is 0 Å². The Morgan fingerprint density at radius 2 is 2.18 bits per heavy atom. The van der Waals surface area contributed by atoms with Crippen LogP contribution < -0.4 is 11.1 Å². The van der Waals surface area contributed by atoms with Crippen molar-refractivity contribution in [1.29, 1.82) is 0 Å². The first-order chi connectivity index (χ1) is 8.01. The Balaban J connectivity index is 2.37. The third-order valence-electron chi connectivity index (χ3n) is 3.55. The topological polar surface area (TPSA) is 67.6 Å². The number of amides is 1. The molecule has 1 saturated heterocycles. The van der Waals surface area contributed by atoms with Gasteiger partial charge in [-0.25, -0.2) is 0 Å². The van der Waals surface area contributed by atoms with Crippen LogP contribution in [0.3, 0.4) is 0 Å². The molecule has 1 fully saturated rings. The summed E-state index contributed by atoms with van der Waals surface area (Å²) in [6, 6.07) is 0. The van der Waals surface area contributed by atoms with Gasteiger partial charge in [0.1, 0.15) is 0 Å². The second-order valence-electron chi connectivity index (χ2n) is 4.83. The molecule has 0 spiro atoms. The summed E-state index contributed by atoms with van der Waals surface area (Å²) >= 11 is 0. The second-order valence-corrected chi connectivity index (χ2v) is 4.83. The van der Waals surface area contributed by atoms with E-state index in [-0.39, 0.29) is 12.0 Å². The van der Waals surface area contributed by atoms with E-state index in [1.54, 1.807) is 0 Å². The standard InChI is InChI=1S/C12H25N3O2/c1-4-12(13,5-2)11(16)14-8-10-9-15(3)6-7-17-10/h10H,4-9,13H2,1-3H3,(H,14,16). The number of rotatable bonds is 5. The van der Waals surface area contributed by atoms with Gasteiger partial charge in [0.2, 0.25) is 5.91 Å². The molecular formula is C12H25N3O2.